The predicted molar refractivity (Wildman–Crippen MR) is 107 cm³/mol. The normalized spacial score (nSPS) is 18.6. The molecule has 0 radical (unpaired) electrons. The zero-order valence-corrected chi connectivity index (χ0v) is 17.9. The number of rotatable bonds is 5. The summed E-state index contributed by atoms with van der Waals surface area (Å²) in [6.45, 7) is 5.36. The van der Waals surface area contributed by atoms with Crippen molar-refractivity contribution in [3.63, 3.8) is 0 Å². The van der Waals surface area contributed by atoms with Crippen molar-refractivity contribution in [2.45, 2.75) is 64.9 Å². The standard InChI is InChI=1S/C22H27BrN2O2/c1-21(2,3)27-20(26)22(15-25,13-16-9-11-18(23)12-10-16)19(14-24)17-7-5-4-6-8-17/h9-12,17,19H,4-8,13H2,1-3H3/t19-,22-/m0/s1. The average molecular weight is 431 g/mol. The van der Waals surface area contributed by atoms with Gasteiger partial charge in [-0.1, -0.05) is 47.3 Å². The third-order valence-electron chi connectivity index (χ3n) is 5.15. The minimum atomic E-state index is -1.50. The third kappa shape index (κ3) is 5.33. The van der Waals surface area contributed by atoms with Gasteiger partial charge in [0.05, 0.1) is 18.1 Å². The Morgan fingerprint density at radius 3 is 2.26 bits per heavy atom. The van der Waals surface area contributed by atoms with Crippen molar-refractivity contribution >= 4 is 21.9 Å². The highest BCUT2D eigenvalue weighted by molar-refractivity contribution is 9.10. The van der Waals surface area contributed by atoms with Crippen LogP contribution in [0.15, 0.2) is 28.7 Å². The summed E-state index contributed by atoms with van der Waals surface area (Å²) in [5.41, 5.74) is -1.37. The Morgan fingerprint density at radius 1 is 1.19 bits per heavy atom. The molecule has 0 aliphatic heterocycles. The highest BCUT2D eigenvalue weighted by Crippen LogP contribution is 2.43. The van der Waals surface area contributed by atoms with Gasteiger partial charge in [0.2, 0.25) is 0 Å². The molecule has 1 aliphatic rings. The Labute approximate surface area is 170 Å². The molecule has 1 aromatic carbocycles. The minimum absolute atomic E-state index is 0.0476. The molecular weight excluding hydrogens is 404 g/mol. The second-order valence-electron chi connectivity index (χ2n) is 8.39. The summed E-state index contributed by atoms with van der Waals surface area (Å²) in [4.78, 5) is 13.2. The van der Waals surface area contributed by atoms with Crippen LogP contribution < -0.4 is 0 Å². The van der Waals surface area contributed by atoms with Crippen LogP contribution in [0.2, 0.25) is 0 Å². The number of benzene rings is 1. The number of hydrogen-bond donors (Lipinski definition) is 0. The molecule has 0 aromatic heterocycles. The number of halogens is 1. The van der Waals surface area contributed by atoms with Gasteiger partial charge in [0.15, 0.2) is 5.41 Å². The van der Waals surface area contributed by atoms with Crippen molar-refractivity contribution in [1.29, 1.82) is 10.5 Å². The largest absolute Gasteiger partial charge is 0.459 e. The van der Waals surface area contributed by atoms with Crippen molar-refractivity contribution in [3.8, 4) is 12.1 Å². The van der Waals surface area contributed by atoms with Gasteiger partial charge in [-0.3, -0.25) is 4.79 Å². The highest BCUT2D eigenvalue weighted by Gasteiger charge is 2.52. The molecule has 5 heteroatoms. The lowest BCUT2D eigenvalue weighted by Gasteiger charge is -2.37. The molecule has 4 nitrogen and oxygen atoms in total. The first kappa shape index (κ1) is 21.5. The van der Waals surface area contributed by atoms with Crippen LogP contribution in [0.3, 0.4) is 0 Å². The van der Waals surface area contributed by atoms with E-state index in [1.807, 2.05) is 24.3 Å². The van der Waals surface area contributed by atoms with Crippen LogP contribution >= 0.6 is 15.9 Å². The van der Waals surface area contributed by atoms with Crippen molar-refractivity contribution in [2.75, 3.05) is 0 Å². The highest BCUT2D eigenvalue weighted by atomic mass is 79.9. The Kier molecular flexibility index (Phi) is 7.06. The smallest absolute Gasteiger partial charge is 0.328 e. The number of carbonyl (C=O) groups is 1. The van der Waals surface area contributed by atoms with E-state index in [0.717, 1.165) is 42.1 Å². The van der Waals surface area contributed by atoms with Crippen LogP contribution in [0.25, 0.3) is 0 Å². The monoisotopic (exact) mass is 430 g/mol. The van der Waals surface area contributed by atoms with Crippen molar-refractivity contribution in [2.24, 2.45) is 17.3 Å². The quantitative estimate of drug-likeness (QED) is 0.572. The zero-order chi connectivity index (χ0) is 20.1. The van der Waals surface area contributed by atoms with E-state index in [1.165, 1.54) is 0 Å². The number of nitrogens with zero attached hydrogens (tertiary/aromatic N) is 2. The molecule has 0 saturated heterocycles. The van der Waals surface area contributed by atoms with Crippen molar-refractivity contribution < 1.29 is 9.53 Å². The van der Waals surface area contributed by atoms with Crippen LogP contribution in [0.5, 0.6) is 0 Å². The summed E-state index contributed by atoms with van der Waals surface area (Å²) in [7, 11) is 0. The Morgan fingerprint density at radius 2 is 1.78 bits per heavy atom. The van der Waals surface area contributed by atoms with Gasteiger partial charge in [0.1, 0.15) is 5.60 Å². The molecule has 0 bridgehead atoms. The van der Waals surface area contributed by atoms with E-state index in [9.17, 15) is 15.3 Å². The molecular formula is C22H27BrN2O2. The van der Waals surface area contributed by atoms with Crippen LogP contribution in [-0.4, -0.2) is 11.6 Å². The van der Waals surface area contributed by atoms with E-state index in [4.69, 9.17) is 4.74 Å². The first-order valence-corrected chi connectivity index (χ1v) is 10.3. The fraction of sp³-hybridized carbons (Fsp3) is 0.591. The molecule has 144 valence electrons. The number of hydrogen-bond acceptors (Lipinski definition) is 4. The van der Waals surface area contributed by atoms with Crippen molar-refractivity contribution in [3.05, 3.63) is 34.3 Å². The van der Waals surface area contributed by atoms with E-state index < -0.39 is 22.9 Å². The predicted octanol–water partition coefficient (Wildman–Crippen LogP) is 5.56. The summed E-state index contributed by atoms with van der Waals surface area (Å²) in [6, 6.07) is 12.1. The molecule has 27 heavy (non-hydrogen) atoms. The lowest BCUT2D eigenvalue weighted by Crippen LogP contribution is -2.46. The summed E-state index contributed by atoms with van der Waals surface area (Å²) in [5, 5.41) is 20.2. The Bertz CT molecular complexity index is 734. The van der Waals surface area contributed by atoms with E-state index in [0.29, 0.717) is 0 Å². The number of ether oxygens (including phenoxy) is 1. The van der Waals surface area contributed by atoms with Crippen LogP contribution in [0.1, 0.15) is 58.4 Å². The molecule has 1 aliphatic carbocycles. The van der Waals surface area contributed by atoms with E-state index >= 15 is 0 Å². The maximum Gasteiger partial charge on any atom is 0.328 e. The van der Waals surface area contributed by atoms with Gasteiger partial charge in [-0.15, -0.1) is 0 Å². The molecule has 1 aromatic rings. The van der Waals surface area contributed by atoms with E-state index in [-0.39, 0.29) is 12.3 Å². The molecule has 0 N–H and O–H groups in total. The van der Waals surface area contributed by atoms with Gasteiger partial charge < -0.3 is 4.74 Å². The van der Waals surface area contributed by atoms with Gasteiger partial charge in [-0.2, -0.15) is 10.5 Å². The maximum atomic E-state index is 13.2. The first-order chi connectivity index (χ1) is 12.7. The molecule has 2 rings (SSSR count). The average Bonchev–Trinajstić information content (AvgIpc) is 2.62. The molecule has 1 saturated carbocycles. The Balaban J connectivity index is 2.47. The molecule has 1 fully saturated rings. The van der Waals surface area contributed by atoms with Gasteiger partial charge in [0, 0.05) is 10.9 Å². The van der Waals surface area contributed by atoms with E-state index in [2.05, 4.69) is 28.1 Å². The van der Waals surface area contributed by atoms with Gasteiger partial charge >= 0.3 is 5.97 Å². The van der Waals surface area contributed by atoms with Crippen LogP contribution in [-0.2, 0) is 16.0 Å². The molecule has 0 spiro atoms. The maximum absolute atomic E-state index is 13.2. The second kappa shape index (κ2) is 8.89. The van der Waals surface area contributed by atoms with Gasteiger partial charge in [0.25, 0.3) is 0 Å². The van der Waals surface area contributed by atoms with Gasteiger partial charge in [-0.25, -0.2) is 0 Å². The van der Waals surface area contributed by atoms with Gasteiger partial charge in [-0.05, 0) is 57.2 Å². The number of nitriles is 2. The number of esters is 1. The van der Waals surface area contributed by atoms with Crippen LogP contribution in [0.4, 0.5) is 0 Å². The molecule has 0 amide bonds. The first-order valence-electron chi connectivity index (χ1n) is 9.50. The zero-order valence-electron chi connectivity index (χ0n) is 16.3. The summed E-state index contributed by atoms with van der Waals surface area (Å²) < 4.78 is 6.57. The minimum Gasteiger partial charge on any atom is -0.459 e. The third-order valence-corrected chi connectivity index (χ3v) is 5.68. The molecule has 0 heterocycles. The fourth-order valence-electron chi connectivity index (χ4n) is 3.84. The molecule has 0 unspecified atom stereocenters. The molecule has 2 atom stereocenters. The van der Waals surface area contributed by atoms with E-state index in [1.54, 1.807) is 20.8 Å². The second-order valence-corrected chi connectivity index (χ2v) is 9.31. The SMILES string of the molecule is CC(C)(C)OC(=O)[C@](C#N)(Cc1ccc(Br)cc1)[C@@H](C#N)C1CCCCC1. The van der Waals surface area contributed by atoms with Crippen LogP contribution in [0, 0.1) is 39.9 Å². The lowest BCUT2D eigenvalue weighted by atomic mass is 9.64. The summed E-state index contributed by atoms with van der Waals surface area (Å²) >= 11 is 3.41. The summed E-state index contributed by atoms with van der Waals surface area (Å²) in [5.74, 6) is -1.22. The number of carbonyl (C=O) groups excluding carboxylic acids is 1. The topological polar surface area (TPSA) is 73.9 Å². The summed E-state index contributed by atoms with van der Waals surface area (Å²) in [6.07, 6.45) is 5.16. The Hall–Kier alpha value is -1.85. The lowest BCUT2D eigenvalue weighted by molar-refractivity contribution is -0.167. The van der Waals surface area contributed by atoms with Crippen molar-refractivity contribution in [1.82, 2.24) is 0 Å². The fourth-order valence-corrected chi connectivity index (χ4v) is 4.11.